The van der Waals surface area contributed by atoms with E-state index in [0.29, 0.717) is 35.1 Å². The Morgan fingerprint density at radius 2 is 2.18 bits per heavy atom. The number of aliphatic hydroxyl groups is 1. The molecule has 1 aromatic carbocycles. The van der Waals surface area contributed by atoms with E-state index in [1.54, 1.807) is 23.1 Å². The Morgan fingerprint density at radius 3 is 2.77 bits per heavy atom. The number of rotatable bonds is 4. The van der Waals surface area contributed by atoms with Crippen molar-refractivity contribution in [3.8, 4) is 0 Å². The summed E-state index contributed by atoms with van der Waals surface area (Å²) in [5.41, 5.74) is 0.517. The largest absolute Gasteiger partial charge is 0.387 e. The van der Waals surface area contributed by atoms with Crippen LogP contribution in [0, 0.1) is 5.92 Å². The summed E-state index contributed by atoms with van der Waals surface area (Å²) in [6, 6.07) is 4.81. The van der Waals surface area contributed by atoms with E-state index in [1.165, 1.54) is 6.92 Å². The van der Waals surface area contributed by atoms with Crippen molar-refractivity contribution in [1.82, 2.24) is 10.2 Å². The number of hydrogen-bond donors (Lipinski definition) is 2. The quantitative estimate of drug-likeness (QED) is 0.877. The van der Waals surface area contributed by atoms with Gasteiger partial charge in [-0.25, -0.2) is 0 Å². The summed E-state index contributed by atoms with van der Waals surface area (Å²) in [5.74, 6) is -0.409. The lowest BCUT2D eigenvalue weighted by Gasteiger charge is -2.17. The fourth-order valence-corrected chi connectivity index (χ4v) is 3.02. The highest BCUT2D eigenvalue weighted by molar-refractivity contribution is 6.35. The van der Waals surface area contributed by atoms with Crippen LogP contribution in [0.3, 0.4) is 0 Å². The first-order valence-corrected chi connectivity index (χ1v) is 7.80. The smallest absolute Gasteiger partial charge is 0.225 e. The lowest BCUT2D eigenvalue weighted by molar-refractivity contribution is -0.128. The van der Waals surface area contributed by atoms with E-state index < -0.39 is 6.10 Å². The molecule has 2 rings (SSSR count). The third-order valence-corrected chi connectivity index (χ3v) is 4.36. The molecule has 1 aromatic rings. The van der Waals surface area contributed by atoms with Crippen LogP contribution in [-0.4, -0.2) is 41.5 Å². The normalized spacial score (nSPS) is 19.1. The number of nitrogens with zero attached hydrogens (tertiary/aromatic N) is 1. The third kappa shape index (κ3) is 4.12. The average molecular weight is 345 g/mol. The number of nitrogens with one attached hydrogen (secondary N) is 1. The lowest BCUT2D eigenvalue weighted by Crippen LogP contribution is -2.36. The van der Waals surface area contributed by atoms with Gasteiger partial charge < -0.3 is 15.3 Å². The summed E-state index contributed by atoms with van der Waals surface area (Å²) < 4.78 is 0. The Kier molecular flexibility index (Phi) is 5.67. The van der Waals surface area contributed by atoms with Gasteiger partial charge in [0.05, 0.1) is 12.0 Å². The van der Waals surface area contributed by atoms with E-state index in [9.17, 15) is 14.7 Å². The number of halogens is 2. The van der Waals surface area contributed by atoms with Crippen LogP contribution in [0.5, 0.6) is 0 Å². The Morgan fingerprint density at radius 1 is 1.45 bits per heavy atom. The Bertz CT molecular complexity index is 580. The molecule has 0 spiro atoms. The average Bonchev–Trinajstić information content (AvgIpc) is 2.94. The molecule has 2 N–H and O–H groups in total. The number of carbonyl (C=O) groups excluding carboxylic acids is 2. The van der Waals surface area contributed by atoms with Crippen LogP contribution in [0.2, 0.25) is 10.0 Å². The van der Waals surface area contributed by atoms with Gasteiger partial charge in [0.2, 0.25) is 11.8 Å². The molecule has 22 heavy (non-hydrogen) atoms. The van der Waals surface area contributed by atoms with Crippen molar-refractivity contribution >= 4 is 35.0 Å². The van der Waals surface area contributed by atoms with Gasteiger partial charge in [0.25, 0.3) is 0 Å². The van der Waals surface area contributed by atoms with Crippen molar-refractivity contribution in [2.45, 2.75) is 19.4 Å². The number of likely N-dealkylation sites (tertiary alicyclic amines) is 1. The lowest BCUT2D eigenvalue weighted by atomic mass is 10.1. The van der Waals surface area contributed by atoms with Crippen LogP contribution in [-0.2, 0) is 9.59 Å². The second-order valence-electron chi connectivity index (χ2n) is 5.38. The molecule has 7 heteroatoms. The molecule has 0 aliphatic carbocycles. The molecular weight excluding hydrogens is 327 g/mol. The van der Waals surface area contributed by atoms with Crippen molar-refractivity contribution < 1.29 is 14.7 Å². The zero-order valence-electron chi connectivity index (χ0n) is 12.2. The molecule has 0 saturated carbocycles. The molecule has 1 heterocycles. The van der Waals surface area contributed by atoms with Crippen LogP contribution < -0.4 is 5.32 Å². The summed E-state index contributed by atoms with van der Waals surface area (Å²) in [6.45, 7) is 2.58. The first-order valence-electron chi connectivity index (χ1n) is 7.04. The molecule has 5 nitrogen and oxygen atoms in total. The number of benzene rings is 1. The maximum atomic E-state index is 12.1. The summed E-state index contributed by atoms with van der Waals surface area (Å²) >= 11 is 11.8. The van der Waals surface area contributed by atoms with Gasteiger partial charge in [0.1, 0.15) is 0 Å². The summed E-state index contributed by atoms with van der Waals surface area (Å²) in [4.78, 5) is 25.0. The molecule has 0 bridgehead atoms. The number of hydrogen-bond acceptors (Lipinski definition) is 3. The summed E-state index contributed by atoms with van der Waals surface area (Å²) in [6.07, 6.45) is -0.262. The highest BCUT2D eigenvalue weighted by Gasteiger charge is 2.29. The van der Waals surface area contributed by atoms with Crippen LogP contribution in [0.1, 0.15) is 25.0 Å². The van der Waals surface area contributed by atoms with Crippen LogP contribution in [0.25, 0.3) is 0 Å². The van der Waals surface area contributed by atoms with E-state index >= 15 is 0 Å². The Hall–Kier alpha value is -1.30. The molecular formula is C15H18Cl2N2O3. The zero-order valence-corrected chi connectivity index (χ0v) is 13.7. The second kappa shape index (κ2) is 7.31. The van der Waals surface area contributed by atoms with Crippen molar-refractivity contribution in [2.24, 2.45) is 5.92 Å². The van der Waals surface area contributed by atoms with Gasteiger partial charge in [0.15, 0.2) is 0 Å². The van der Waals surface area contributed by atoms with Gasteiger partial charge in [-0.3, -0.25) is 9.59 Å². The molecule has 1 aliphatic rings. The standard InChI is InChI=1S/C15H18Cl2N2O3/c1-9(20)19-5-4-10(8-19)15(22)18-7-14(21)12-3-2-11(16)6-13(12)17/h2-3,6,10,14,21H,4-5,7-8H2,1H3,(H,18,22). The SMILES string of the molecule is CC(=O)N1CCC(C(=O)NCC(O)c2ccc(Cl)cc2Cl)C1. The summed E-state index contributed by atoms with van der Waals surface area (Å²) in [7, 11) is 0. The molecule has 0 aromatic heterocycles. The van der Waals surface area contributed by atoms with E-state index in [1.807, 2.05) is 0 Å². The number of aliphatic hydroxyl groups excluding tert-OH is 1. The van der Waals surface area contributed by atoms with Gasteiger partial charge in [-0.2, -0.15) is 0 Å². The van der Waals surface area contributed by atoms with Gasteiger partial charge >= 0.3 is 0 Å². The maximum Gasteiger partial charge on any atom is 0.225 e. The molecule has 2 atom stereocenters. The molecule has 2 unspecified atom stereocenters. The van der Waals surface area contributed by atoms with Gasteiger partial charge in [-0.15, -0.1) is 0 Å². The highest BCUT2D eigenvalue weighted by atomic mass is 35.5. The first kappa shape index (κ1) is 17.1. The number of amides is 2. The molecule has 120 valence electrons. The number of carbonyl (C=O) groups is 2. The van der Waals surface area contributed by atoms with Crippen LogP contribution in [0.15, 0.2) is 18.2 Å². The maximum absolute atomic E-state index is 12.1. The molecule has 1 aliphatic heterocycles. The Balaban J connectivity index is 1.87. The van der Waals surface area contributed by atoms with Crippen molar-refractivity contribution in [2.75, 3.05) is 19.6 Å². The summed E-state index contributed by atoms with van der Waals surface area (Å²) in [5, 5.41) is 13.7. The van der Waals surface area contributed by atoms with Crippen LogP contribution >= 0.6 is 23.2 Å². The minimum absolute atomic E-state index is 0.0247. The van der Waals surface area contributed by atoms with E-state index in [2.05, 4.69) is 5.32 Å². The zero-order chi connectivity index (χ0) is 16.3. The van der Waals surface area contributed by atoms with Gasteiger partial charge in [-0.1, -0.05) is 29.3 Å². The van der Waals surface area contributed by atoms with E-state index in [4.69, 9.17) is 23.2 Å². The first-order chi connectivity index (χ1) is 10.4. The van der Waals surface area contributed by atoms with Crippen LogP contribution in [0.4, 0.5) is 0 Å². The fraction of sp³-hybridized carbons (Fsp3) is 0.467. The van der Waals surface area contributed by atoms with E-state index in [0.717, 1.165) is 0 Å². The molecule has 2 amide bonds. The monoisotopic (exact) mass is 344 g/mol. The van der Waals surface area contributed by atoms with Gasteiger partial charge in [-0.05, 0) is 18.6 Å². The molecule has 1 fully saturated rings. The minimum Gasteiger partial charge on any atom is -0.387 e. The van der Waals surface area contributed by atoms with Crippen molar-refractivity contribution in [1.29, 1.82) is 0 Å². The predicted octanol–water partition coefficient (Wildman–Crippen LogP) is 2.01. The molecule has 1 saturated heterocycles. The van der Waals surface area contributed by atoms with Crippen molar-refractivity contribution in [3.05, 3.63) is 33.8 Å². The fourth-order valence-electron chi connectivity index (χ4n) is 2.48. The highest BCUT2D eigenvalue weighted by Crippen LogP contribution is 2.26. The topological polar surface area (TPSA) is 69.6 Å². The molecule has 0 radical (unpaired) electrons. The van der Waals surface area contributed by atoms with Gasteiger partial charge in [0, 0.05) is 42.2 Å². The predicted molar refractivity (Wildman–Crippen MR) is 84.8 cm³/mol. The second-order valence-corrected chi connectivity index (χ2v) is 6.22. The Labute approximate surface area is 139 Å². The third-order valence-electron chi connectivity index (χ3n) is 3.80. The minimum atomic E-state index is -0.904. The van der Waals surface area contributed by atoms with Crippen molar-refractivity contribution in [3.63, 3.8) is 0 Å². The van der Waals surface area contributed by atoms with E-state index in [-0.39, 0.29) is 24.3 Å².